The maximum atomic E-state index is 14.4. The van der Waals surface area contributed by atoms with E-state index in [2.05, 4.69) is 18.7 Å². The third-order valence-electron chi connectivity index (χ3n) is 9.94. The van der Waals surface area contributed by atoms with Gasteiger partial charge in [-0.1, -0.05) is 0 Å². The van der Waals surface area contributed by atoms with E-state index in [0.29, 0.717) is 31.3 Å². The molecule has 4 aliphatic carbocycles. The van der Waals surface area contributed by atoms with Gasteiger partial charge in [-0.15, -0.1) is 0 Å². The Morgan fingerprint density at radius 2 is 1.86 bits per heavy atom. The first-order valence-corrected chi connectivity index (χ1v) is 14.2. The molecule has 5 aliphatic rings. The van der Waals surface area contributed by atoms with Crippen LogP contribution in [0.3, 0.4) is 0 Å². The van der Waals surface area contributed by atoms with Gasteiger partial charge >= 0.3 is 217 Å². The minimum absolute atomic E-state index is 0.0541. The predicted molar refractivity (Wildman–Crippen MR) is 129 cm³/mol. The minimum atomic E-state index is -1.23. The topological polar surface area (TPSA) is 96.0 Å². The number of ketones is 1. The average molecular weight is 558 g/mol. The van der Waals surface area contributed by atoms with Crippen LogP contribution in [0.25, 0.3) is 0 Å². The molecule has 8 heteroatoms. The number of esters is 3. The van der Waals surface area contributed by atoms with E-state index < -0.39 is 56.6 Å². The number of methoxy groups -OCH3 is 1. The predicted octanol–water partition coefficient (Wildman–Crippen LogP) is 2.55. The fraction of sp³-hybridized carbons (Fsp3) is 0.571. The van der Waals surface area contributed by atoms with Crippen LogP contribution in [0.4, 0.5) is 0 Å². The molecule has 1 spiro atoms. The number of hydrogen-bond donors (Lipinski definition) is 0. The fourth-order valence-electron chi connectivity index (χ4n) is 8.73. The van der Waals surface area contributed by atoms with Gasteiger partial charge in [0, 0.05) is 0 Å². The van der Waals surface area contributed by atoms with Gasteiger partial charge in [0.2, 0.25) is 0 Å². The van der Waals surface area contributed by atoms with E-state index in [4.69, 9.17) is 14.2 Å². The summed E-state index contributed by atoms with van der Waals surface area (Å²) in [7, 11) is 1.33. The first-order chi connectivity index (χ1) is 17.1. The van der Waals surface area contributed by atoms with Crippen LogP contribution < -0.4 is 4.46 Å². The Labute approximate surface area is 216 Å². The first kappa shape index (κ1) is 23.9. The van der Waals surface area contributed by atoms with Gasteiger partial charge in [-0.2, -0.15) is 0 Å². The molecule has 0 radical (unpaired) electrons. The van der Waals surface area contributed by atoms with E-state index in [1.807, 2.05) is 18.2 Å². The molecule has 7 nitrogen and oxygen atoms in total. The van der Waals surface area contributed by atoms with Crippen molar-refractivity contribution in [3.63, 3.8) is 0 Å². The molecular weight excluding hydrogens is 527 g/mol. The summed E-state index contributed by atoms with van der Waals surface area (Å²) in [6, 6.07) is 10.2. The van der Waals surface area contributed by atoms with Gasteiger partial charge in [0.05, 0.1) is 0 Å². The van der Waals surface area contributed by atoms with Gasteiger partial charge in [0.15, 0.2) is 0 Å². The van der Waals surface area contributed by atoms with Gasteiger partial charge in [0.25, 0.3) is 0 Å². The van der Waals surface area contributed by atoms with Crippen LogP contribution in [-0.4, -0.2) is 57.5 Å². The summed E-state index contributed by atoms with van der Waals surface area (Å²) in [5.74, 6) is -3.26. The molecule has 4 saturated carbocycles. The van der Waals surface area contributed by atoms with Crippen molar-refractivity contribution in [3.05, 3.63) is 42.5 Å². The van der Waals surface area contributed by atoms with E-state index in [9.17, 15) is 19.2 Å². The summed E-state index contributed by atoms with van der Waals surface area (Å²) in [5, 5.41) is 0. The number of carbonyl (C=O) groups excluding carboxylic acids is 4. The second-order valence-corrected chi connectivity index (χ2v) is 14.3. The molecule has 4 bridgehead atoms. The monoisotopic (exact) mass is 558 g/mol. The molecule has 36 heavy (non-hydrogen) atoms. The number of allylic oxidation sites excluding steroid dienone is 1. The van der Waals surface area contributed by atoms with Crippen molar-refractivity contribution in [1.82, 2.24) is 0 Å². The van der Waals surface area contributed by atoms with Crippen LogP contribution >= 0.6 is 0 Å². The normalized spacial score (nSPS) is 44.0. The van der Waals surface area contributed by atoms with Crippen LogP contribution in [0.15, 0.2) is 42.5 Å². The second-order valence-electron chi connectivity index (χ2n) is 11.3. The van der Waals surface area contributed by atoms with Crippen molar-refractivity contribution >= 4 is 43.1 Å². The molecule has 1 heterocycles. The SMILES string of the molecule is C=C1C(=O)[C@]23C[C@@]1([Se]c1ccccc1)CC[C@H]2[C@@]12CC[C@H](OC(C)=O)[C@@](C)(C(=O)O1)[C@H]2[C@@H]3C(=O)OC. The number of hydrogen-bond acceptors (Lipinski definition) is 7. The van der Waals surface area contributed by atoms with E-state index in [-0.39, 0.29) is 26.7 Å². The van der Waals surface area contributed by atoms with Crippen LogP contribution in [0.5, 0.6) is 0 Å². The summed E-state index contributed by atoms with van der Waals surface area (Å²) in [5.41, 5.74) is -2.61. The van der Waals surface area contributed by atoms with E-state index >= 15 is 0 Å². The van der Waals surface area contributed by atoms with E-state index in [0.717, 1.165) is 6.42 Å². The molecule has 8 atom stereocenters. The van der Waals surface area contributed by atoms with Gasteiger partial charge in [-0.25, -0.2) is 0 Å². The number of Topliss-reactive ketones (excluding diaryl/α,β-unsaturated/α-hetero) is 1. The van der Waals surface area contributed by atoms with Crippen molar-refractivity contribution in [3.8, 4) is 0 Å². The molecule has 0 amide bonds. The zero-order chi connectivity index (χ0) is 25.7. The van der Waals surface area contributed by atoms with Crippen molar-refractivity contribution in [2.45, 2.75) is 62.0 Å². The Bertz CT molecular complexity index is 1210. The quantitative estimate of drug-likeness (QED) is 0.243. The summed E-state index contributed by atoms with van der Waals surface area (Å²) in [4.78, 5) is 53.4. The molecule has 0 N–H and O–H groups in total. The van der Waals surface area contributed by atoms with Crippen molar-refractivity contribution in [2.24, 2.45) is 28.6 Å². The molecule has 1 saturated heterocycles. The Balaban J connectivity index is 1.52. The standard InChI is InChI=1S/C28H30O7Se/c1-15-22(30)27-14-26(15,36-17-8-6-5-7-9-17)12-10-18(27)28-13-11-19(34-16(2)29)25(3,24(32)35-28)21(28)20(27)23(31)33-4/h5-9,18-21H,1,10-14H2,2-4H3/t18-,19+,20-,21-,25-,26+,27-,28-/m1/s1. The molecule has 5 fully saturated rings. The van der Waals surface area contributed by atoms with Crippen molar-refractivity contribution in [1.29, 1.82) is 0 Å². The van der Waals surface area contributed by atoms with Crippen LogP contribution in [0, 0.1) is 28.6 Å². The summed E-state index contributed by atoms with van der Waals surface area (Å²) in [6.45, 7) is 7.39. The van der Waals surface area contributed by atoms with Crippen LogP contribution in [-0.2, 0) is 33.4 Å². The number of rotatable bonds is 4. The average Bonchev–Trinajstić information content (AvgIpc) is 3.27. The molecule has 190 valence electrons. The van der Waals surface area contributed by atoms with Gasteiger partial charge in [-0.05, 0) is 0 Å². The van der Waals surface area contributed by atoms with Gasteiger partial charge in [-0.3, -0.25) is 0 Å². The van der Waals surface area contributed by atoms with E-state index in [1.54, 1.807) is 6.92 Å². The number of fused-ring (bicyclic) bond motifs is 1. The molecule has 0 unspecified atom stereocenters. The molecule has 1 aromatic rings. The van der Waals surface area contributed by atoms with Crippen LogP contribution in [0.1, 0.15) is 46.0 Å². The summed E-state index contributed by atoms with van der Waals surface area (Å²) in [6.07, 6.45) is 2.14. The van der Waals surface area contributed by atoms with Crippen molar-refractivity contribution in [2.75, 3.05) is 7.11 Å². The van der Waals surface area contributed by atoms with E-state index in [1.165, 1.54) is 18.5 Å². The Kier molecular flexibility index (Phi) is 5.02. The van der Waals surface area contributed by atoms with Gasteiger partial charge < -0.3 is 0 Å². The molecule has 1 aliphatic heterocycles. The Morgan fingerprint density at radius 1 is 1.14 bits per heavy atom. The maximum absolute atomic E-state index is 14.4. The Hall–Kier alpha value is -2.44. The first-order valence-electron chi connectivity index (χ1n) is 12.5. The third-order valence-corrected chi connectivity index (χ3v) is 13.1. The molecule has 1 aromatic carbocycles. The van der Waals surface area contributed by atoms with Crippen molar-refractivity contribution < 1.29 is 33.4 Å². The van der Waals surface area contributed by atoms with Gasteiger partial charge in [0.1, 0.15) is 0 Å². The second kappa shape index (κ2) is 7.55. The zero-order valence-electron chi connectivity index (χ0n) is 20.7. The fourth-order valence-corrected chi connectivity index (χ4v) is 11.9. The zero-order valence-corrected chi connectivity index (χ0v) is 22.4. The third kappa shape index (κ3) is 2.65. The molecule has 6 rings (SSSR count). The Morgan fingerprint density at radius 3 is 2.53 bits per heavy atom. The summed E-state index contributed by atoms with van der Waals surface area (Å²) >= 11 is -0.0541. The summed E-state index contributed by atoms with van der Waals surface area (Å²) < 4.78 is 18.1. The number of ether oxygens (including phenoxy) is 3. The molecule has 0 aromatic heterocycles. The number of carbonyl (C=O) groups is 4. The number of benzene rings is 1. The molecular formula is C28H30O7Se. The van der Waals surface area contributed by atoms with Crippen LogP contribution in [0.2, 0.25) is 4.31 Å².